The molecule has 3 rings (SSSR count). The van der Waals surface area contributed by atoms with Crippen LogP contribution in [0.3, 0.4) is 0 Å². The second-order valence-electron chi connectivity index (χ2n) is 7.11. The van der Waals surface area contributed by atoms with Gasteiger partial charge in [0.05, 0.1) is 19.8 Å². The van der Waals surface area contributed by atoms with Crippen molar-refractivity contribution in [2.75, 3.05) is 53.6 Å². The molecule has 2 fully saturated rings. The molecule has 0 bridgehead atoms. The van der Waals surface area contributed by atoms with Crippen molar-refractivity contribution in [3.8, 4) is 0 Å². The van der Waals surface area contributed by atoms with E-state index in [1.165, 1.54) is 18.4 Å². The van der Waals surface area contributed by atoms with E-state index in [9.17, 15) is 0 Å². The lowest BCUT2D eigenvalue weighted by atomic mass is 10.1. The van der Waals surface area contributed by atoms with Crippen LogP contribution in [0.1, 0.15) is 24.3 Å². The number of guanidine groups is 1. The van der Waals surface area contributed by atoms with Crippen molar-refractivity contribution in [3.63, 3.8) is 0 Å². The number of methoxy groups -OCH3 is 1. The minimum Gasteiger partial charge on any atom is -0.382 e. The normalized spacial score (nSPS) is 26.1. The van der Waals surface area contributed by atoms with Gasteiger partial charge in [-0.1, -0.05) is 30.3 Å². The molecule has 1 aromatic rings. The summed E-state index contributed by atoms with van der Waals surface area (Å²) in [5.41, 5.74) is 1.47. The van der Waals surface area contributed by atoms with E-state index in [1.54, 1.807) is 7.11 Å². The first kappa shape index (κ1) is 18.2. The highest BCUT2D eigenvalue weighted by Crippen LogP contribution is 2.46. The van der Waals surface area contributed by atoms with Gasteiger partial charge in [0.2, 0.25) is 0 Å². The molecule has 5 heteroatoms. The van der Waals surface area contributed by atoms with E-state index in [0.29, 0.717) is 25.0 Å². The standard InChI is InChI=1S/C20H31N3O2/c1-21-20(23-9-8-16(14-23)15-25-11-10-24-2)22-13-18-12-19(18)17-6-4-3-5-7-17/h3-7,16,18-19H,8-15H2,1-2H3,(H,21,22). The van der Waals surface area contributed by atoms with Crippen molar-refractivity contribution in [2.24, 2.45) is 16.8 Å². The van der Waals surface area contributed by atoms with Gasteiger partial charge < -0.3 is 19.7 Å². The van der Waals surface area contributed by atoms with Crippen LogP contribution in [0.25, 0.3) is 0 Å². The molecule has 1 saturated heterocycles. The van der Waals surface area contributed by atoms with E-state index in [-0.39, 0.29) is 0 Å². The Morgan fingerprint density at radius 3 is 2.88 bits per heavy atom. The first-order chi connectivity index (χ1) is 12.3. The molecule has 3 atom stereocenters. The van der Waals surface area contributed by atoms with Gasteiger partial charge in [-0.2, -0.15) is 0 Å². The van der Waals surface area contributed by atoms with Gasteiger partial charge in [-0.25, -0.2) is 0 Å². The minimum absolute atomic E-state index is 0.591. The van der Waals surface area contributed by atoms with Crippen molar-refractivity contribution < 1.29 is 9.47 Å². The van der Waals surface area contributed by atoms with Crippen LogP contribution in [0.2, 0.25) is 0 Å². The SMILES string of the molecule is CN=C(NCC1CC1c1ccccc1)N1CCC(COCCOC)C1. The van der Waals surface area contributed by atoms with E-state index < -0.39 is 0 Å². The Hall–Kier alpha value is -1.59. The van der Waals surface area contributed by atoms with E-state index in [0.717, 1.165) is 38.1 Å². The summed E-state index contributed by atoms with van der Waals surface area (Å²) in [6.45, 7) is 5.27. The second kappa shape index (κ2) is 9.20. The predicted octanol–water partition coefficient (Wildman–Crippen LogP) is 2.35. The molecule has 1 heterocycles. The molecule has 1 aliphatic heterocycles. The molecule has 1 N–H and O–H groups in total. The third-order valence-electron chi connectivity index (χ3n) is 5.26. The summed E-state index contributed by atoms with van der Waals surface area (Å²) in [7, 11) is 3.59. The van der Waals surface area contributed by atoms with E-state index in [2.05, 4.69) is 45.5 Å². The summed E-state index contributed by atoms with van der Waals surface area (Å²) >= 11 is 0. The van der Waals surface area contributed by atoms with Crippen LogP contribution in [0.5, 0.6) is 0 Å². The Morgan fingerprint density at radius 1 is 1.28 bits per heavy atom. The monoisotopic (exact) mass is 345 g/mol. The second-order valence-corrected chi connectivity index (χ2v) is 7.11. The number of nitrogens with one attached hydrogen (secondary N) is 1. The average Bonchev–Trinajstić information content (AvgIpc) is 3.28. The zero-order chi connectivity index (χ0) is 17.5. The van der Waals surface area contributed by atoms with Gasteiger partial charge in [0.1, 0.15) is 0 Å². The average molecular weight is 345 g/mol. The first-order valence-corrected chi connectivity index (χ1v) is 9.39. The molecule has 1 saturated carbocycles. The Balaban J connectivity index is 1.38. The molecular weight excluding hydrogens is 314 g/mol. The van der Waals surface area contributed by atoms with Gasteiger partial charge in [-0.15, -0.1) is 0 Å². The maximum atomic E-state index is 5.68. The third-order valence-corrected chi connectivity index (χ3v) is 5.26. The van der Waals surface area contributed by atoms with Gasteiger partial charge in [0.15, 0.2) is 5.96 Å². The highest BCUT2D eigenvalue weighted by molar-refractivity contribution is 5.80. The summed E-state index contributed by atoms with van der Waals surface area (Å²) in [5, 5.41) is 3.59. The first-order valence-electron chi connectivity index (χ1n) is 9.39. The topological polar surface area (TPSA) is 46.1 Å². The van der Waals surface area contributed by atoms with Crippen LogP contribution in [0.4, 0.5) is 0 Å². The van der Waals surface area contributed by atoms with E-state index in [4.69, 9.17) is 9.47 Å². The molecule has 0 spiro atoms. The van der Waals surface area contributed by atoms with Crippen LogP contribution >= 0.6 is 0 Å². The maximum Gasteiger partial charge on any atom is 0.193 e. The minimum atomic E-state index is 0.591. The lowest BCUT2D eigenvalue weighted by Gasteiger charge is -2.22. The summed E-state index contributed by atoms with van der Waals surface area (Å²) < 4.78 is 10.7. The number of ether oxygens (including phenoxy) is 2. The predicted molar refractivity (Wildman–Crippen MR) is 101 cm³/mol. The molecule has 138 valence electrons. The van der Waals surface area contributed by atoms with E-state index in [1.807, 2.05) is 7.05 Å². The van der Waals surface area contributed by atoms with Crippen molar-refractivity contribution in [2.45, 2.75) is 18.8 Å². The Bertz CT molecular complexity index is 549. The van der Waals surface area contributed by atoms with Gasteiger partial charge in [0, 0.05) is 39.7 Å². The quantitative estimate of drug-likeness (QED) is 0.446. The number of benzene rings is 1. The number of nitrogens with zero attached hydrogens (tertiary/aromatic N) is 2. The van der Waals surface area contributed by atoms with Crippen molar-refractivity contribution >= 4 is 5.96 Å². The molecule has 5 nitrogen and oxygen atoms in total. The number of hydrogen-bond donors (Lipinski definition) is 1. The molecule has 25 heavy (non-hydrogen) atoms. The van der Waals surface area contributed by atoms with Crippen molar-refractivity contribution in [1.29, 1.82) is 0 Å². The summed E-state index contributed by atoms with van der Waals surface area (Å²) in [5.74, 6) is 3.08. The fourth-order valence-corrected chi connectivity index (χ4v) is 3.69. The molecule has 1 aliphatic carbocycles. The van der Waals surface area contributed by atoms with Gasteiger partial charge >= 0.3 is 0 Å². The lowest BCUT2D eigenvalue weighted by Crippen LogP contribution is -2.41. The van der Waals surface area contributed by atoms with Crippen molar-refractivity contribution in [1.82, 2.24) is 10.2 Å². The highest BCUT2D eigenvalue weighted by Gasteiger charge is 2.38. The number of hydrogen-bond acceptors (Lipinski definition) is 3. The van der Waals surface area contributed by atoms with Gasteiger partial charge in [0.25, 0.3) is 0 Å². The fourth-order valence-electron chi connectivity index (χ4n) is 3.69. The third kappa shape index (κ3) is 5.19. The molecule has 0 radical (unpaired) electrons. The highest BCUT2D eigenvalue weighted by atomic mass is 16.5. The molecule has 0 amide bonds. The molecule has 3 unspecified atom stereocenters. The lowest BCUT2D eigenvalue weighted by molar-refractivity contribution is 0.0536. The maximum absolute atomic E-state index is 5.68. The molecular formula is C20H31N3O2. The number of aliphatic imine (C=N–C) groups is 1. The Kier molecular flexibility index (Phi) is 6.70. The smallest absolute Gasteiger partial charge is 0.193 e. The zero-order valence-corrected chi connectivity index (χ0v) is 15.5. The summed E-state index contributed by atoms with van der Waals surface area (Å²) in [4.78, 5) is 6.85. The van der Waals surface area contributed by atoms with Crippen LogP contribution in [0.15, 0.2) is 35.3 Å². The number of likely N-dealkylation sites (tertiary alicyclic amines) is 1. The molecule has 1 aromatic carbocycles. The largest absolute Gasteiger partial charge is 0.382 e. The Morgan fingerprint density at radius 2 is 2.12 bits per heavy atom. The molecule has 2 aliphatic rings. The summed E-state index contributed by atoms with van der Waals surface area (Å²) in [6, 6.07) is 10.8. The summed E-state index contributed by atoms with van der Waals surface area (Å²) in [6.07, 6.45) is 2.45. The molecule has 0 aromatic heterocycles. The fraction of sp³-hybridized carbons (Fsp3) is 0.650. The van der Waals surface area contributed by atoms with Gasteiger partial charge in [-0.05, 0) is 30.2 Å². The van der Waals surface area contributed by atoms with Crippen LogP contribution in [0, 0.1) is 11.8 Å². The van der Waals surface area contributed by atoms with Gasteiger partial charge in [-0.3, -0.25) is 4.99 Å². The van der Waals surface area contributed by atoms with E-state index >= 15 is 0 Å². The van der Waals surface area contributed by atoms with Crippen LogP contribution < -0.4 is 5.32 Å². The van der Waals surface area contributed by atoms with Crippen molar-refractivity contribution in [3.05, 3.63) is 35.9 Å². The number of rotatable bonds is 8. The van der Waals surface area contributed by atoms with Crippen LogP contribution in [-0.4, -0.2) is 64.5 Å². The van der Waals surface area contributed by atoms with Crippen LogP contribution in [-0.2, 0) is 9.47 Å². The Labute approximate surface area is 151 Å². The zero-order valence-electron chi connectivity index (χ0n) is 15.5.